The van der Waals surface area contributed by atoms with Crippen LogP contribution in [0.15, 0.2) is 24.3 Å². The van der Waals surface area contributed by atoms with E-state index in [1.54, 1.807) is 5.56 Å². The Bertz CT molecular complexity index is 259. The van der Waals surface area contributed by atoms with Crippen LogP contribution in [0.2, 0.25) is 0 Å². The Morgan fingerprint density at radius 3 is 3.18 bits per heavy atom. The van der Waals surface area contributed by atoms with E-state index in [0.717, 1.165) is 11.8 Å². The second kappa shape index (κ2) is 1.82. The van der Waals surface area contributed by atoms with Crippen LogP contribution in [0.25, 0.3) is 0 Å². The lowest BCUT2D eigenvalue weighted by atomic mass is 9.92. The van der Waals surface area contributed by atoms with E-state index in [-0.39, 0.29) is 0 Å². The minimum absolute atomic E-state index is 0.935. The molecule has 0 spiro atoms. The van der Waals surface area contributed by atoms with Gasteiger partial charge in [-0.3, -0.25) is 0 Å². The molecule has 0 aromatic heterocycles. The zero-order chi connectivity index (χ0) is 7.26. The molecule has 1 aromatic rings. The van der Waals surface area contributed by atoms with Gasteiger partial charge in [0.1, 0.15) is 5.56 Å². The number of rotatable bonds is 0. The van der Waals surface area contributed by atoms with Gasteiger partial charge >= 0.3 is 0 Å². The molecule has 11 heavy (non-hydrogen) atoms. The normalized spacial score (nSPS) is 31.6. The highest BCUT2D eigenvalue weighted by molar-refractivity contribution is 5.39. The van der Waals surface area contributed by atoms with Crippen LogP contribution in [0.3, 0.4) is 0 Å². The van der Waals surface area contributed by atoms with E-state index < -0.39 is 0 Å². The Morgan fingerprint density at radius 1 is 1.27 bits per heavy atom. The fourth-order valence-corrected chi connectivity index (χ4v) is 2.11. The van der Waals surface area contributed by atoms with E-state index in [1.165, 1.54) is 18.4 Å². The Labute approximate surface area is 67.2 Å². The summed E-state index contributed by atoms with van der Waals surface area (Å²) in [5, 5.41) is 0. The molecule has 2 atom stereocenters. The van der Waals surface area contributed by atoms with E-state index in [0.29, 0.717) is 0 Å². The van der Waals surface area contributed by atoms with Gasteiger partial charge in [0.25, 0.3) is 0 Å². The fraction of sp³-hybridized carbons (Fsp3) is 0.364. The zero-order valence-electron chi connectivity index (χ0n) is 6.46. The highest BCUT2D eigenvalue weighted by Crippen LogP contribution is 2.48. The summed E-state index contributed by atoms with van der Waals surface area (Å²) in [5.74, 6) is 1.94. The Kier molecular flexibility index (Phi) is 0.943. The van der Waals surface area contributed by atoms with E-state index in [9.17, 15) is 0 Å². The van der Waals surface area contributed by atoms with Crippen molar-refractivity contribution in [2.45, 2.75) is 12.8 Å². The molecule has 0 N–H and O–H groups in total. The molecular formula is C11H11+. The summed E-state index contributed by atoms with van der Waals surface area (Å²) >= 11 is 0. The molecule has 0 aliphatic heterocycles. The highest BCUT2D eigenvalue weighted by Gasteiger charge is 2.45. The topological polar surface area (TPSA) is 0 Å². The second-order valence-electron chi connectivity index (χ2n) is 3.73. The van der Waals surface area contributed by atoms with Crippen molar-refractivity contribution in [1.82, 2.24) is 0 Å². The summed E-state index contributed by atoms with van der Waals surface area (Å²) < 4.78 is 0. The van der Waals surface area contributed by atoms with E-state index >= 15 is 0 Å². The molecule has 0 bridgehead atoms. The largest absolute Gasteiger partial charge is 0.133 e. The van der Waals surface area contributed by atoms with Crippen LogP contribution < -0.4 is 0 Å². The van der Waals surface area contributed by atoms with Gasteiger partial charge in [0.05, 0.1) is 5.56 Å². The fourth-order valence-electron chi connectivity index (χ4n) is 2.11. The molecule has 0 heterocycles. The van der Waals surface area contributed by atoms with Gasteiger partial charge in [-0.2, -0.15) is 0 Å². The van der Waals surface area contributed by atoms with E-state index in [4.69, 9.17) is 0 Å². The molecule has 1 fully saturated rings. The van der Waals surface area contributed by atoms with Gasteiger partial charge < -0.3 is 0 Å². The number of fused-ring (bicyclic) bond motifs is 2. The molecule has 0 nitrogen and oxygen atoms in total. The third kappa shape index (κ3) is 0.787. The molecule has 0 heteroatoms. The van der Waals surface area contributed by atoms with E-state index in [2.05, 4.69) is 30.7 Å². The third-order valence-electron chi connectivity index (χ3n) is 2.91. The van der Waals surface area contributed by atoms with Crippen molar-refractivity contribution < 1.29 is 0 Å². The smallest absolute Gasteiger partial charge is 0.0354 e. The van der Waals surface area contributed by atoms with Gasteiger partial charge in [-0.15, -0.1) is 0 Å². The zero-order valence-corrected chi connectivity index (χ0v) is 6.46. The van der Waals surface area contributed by atoms with Crippen molar-refractivity contribution in [1.29, 1.82) is 0 Å². The van der Waals surface area contributed by atoms with Crippen LogP contribution in [0.5, 0.6) is 0 Å². The predicted molar refractivity (Wildman–Crippen MR) is 45.1 cm³/mol. The van der Waals surface area contributed by atoms with Crippen LogP contribution in [-0.2, 0) is 6.42 Å². The molecule has 2 aliphatic carbocycles. The molecule has 3 rings (SSSR count). The average Bonchev–Trinajstić information content (AvgIpc) is 2.77. The molecule has 2 unspecified atom stereocenters. The van der Waals surface area contributed by atoms with Crippen LogP contribution in [0, 0.1) is 18.3 Å². The maximum atomic E-state index is 2.45. The van der Waals surface area contributed by atoms with Crippen LogP contribution in [-0.4, -0.2) is 0 Å². The van der Waals surface area contributed by atoms with Gasteiger partial charge in [-0.1, -0.05) is 0 Å². The van der Waals surface area contributed by atoms with Crippen LogP contribution in [0.1, 0.15) is 17.5 Å². The molecule has 0 amide bonds. The molecule has 1 saturated carbocycles. The quantitative estimate of drug-likeness (QED) is 0.489. The van der Waals surface area contributed by atoms with Gasteiger partial charge in [0.2, 0.25) is 0 Å². The molecule has 0 saturated heterocycles. The Hall–Kier alpha value is -0.910. The van der Waals surface area contributed by atoms with E-state index in [1.807, 2.05) is 0 Å². The summed E-state index contributed by atoms with van der Waals surface area (Å²) in [6.07, 6.45) is 5.22. The van der Waals surface area contributed by atoms with Crippen molar-refractivity contribution in [2.24, 2.45) is 11.8 Å². The lowest BCUT2D eigenvalue weighted by Gasteiger charge is -2.05. The number of hydrogen-bond acceptors (Lipinski definition) is 0. The summed E-state index contributed by atoms with van der Waals surface area (Å²) in [7, 11) is 0. The average molecular weight is 143 g/mol. The Morgan fingerprint density at radius 2 is 2.18 bits per heavy atom. The van der Waals surface area contributed by atoms with Crippen LogP contribution >= 0.6 is 0 Å². The minimum Gasteiger partial charge on any atom is -0.0354 e. The minimum atomic E-state index is 0.935. The summed E-state index contributed by atoms with van der Waals surface area (Å²) in [5.41, 5.74) is 3.05. The maximum Gasteiger partial charge on any atom is 0.133 e. The van der Waals surface area contributed by atoms with Crippen LogP contribution in [0.4, 0.5) is 0 Å². The maximum absolute atomic E-state index is 2.45. The first kappa shape index (κ1) is 5.70. The van der Waals surface area contributed by atoms with Crippen molar-refractivity contribution in [3.63, 3.8) is 0 Å². The number of benzene rings is 1. The molecule has 2 aliphatic rings. The molecular weight excluding hydrogens is 132 g/mol. The van der Waals surface area contributed by atoms with Crippen molar-refractivity contribution >= 4 is 0 Å². The number of hydrogen-bond donors (Lipinski definition) is 0. The molecule has 0 radical (unpaired) electrons. The molecule has 54 valence electrons. The second-order valence-corrected chi connectivity index (χ2v) is 3.73. The van der Waals surface area contributed by atoms with Crippen molar-refractivity contribution in [2.75, 3.05) is 0 Å². The standard InChI is InChI=1S/C11H11/c1-2-4-9-6-11-7-10(11)5-8(9)3-1/h1-5,10-11H,6-7H2/q+1. The summed E-state index contributed by atoms with van der Waals surface area (Å²) in [6, 6.07) is 8.79. The third-order valence-corrected chi connectivity index (χ3v) is 2.91. The van der Waals surface area contributed by atoms with Crippen molar-refractivity contribution in [3.05, 3.63) is 41.8 Å². The van der Waals surface area contributed by atoms with Gasteiger partial charge in [-0.05, 0) is 30.5 Å². The summed E-state index contributed by atoms with van der Waals surface area (Å²) in [4.78, 5) is 0. The lowest BCUT2D eigenvalue weighted by Crippen LogP contribution is -2.02. The highest BCUT2D eigenvalue weighted by atomic mass is 14.4. The predicted octanol–water partition coefficient (Wildman–Crippen LogP) is 2.43. The first-order chi connectivity index (χ1) is 5.43. The molecule has 1 aromatic carbocycles. The van der Waals surface area contributed by atoms with Gasteiger partial charge in [0.15, 0.2) is 0 Å². The van der Waals surface area contributed by atoms with Crippen molar-refractivity contribution in [3.8, 4) is 0 Å². The lowest BCUT2D eigenvalue weighted by molar-refractivity contribution is 0.729. The Balaban J connectivity index is 2.07. The SMILES string of the molecule is c1ccc2c(c1)[CH+]C1CC1C2. The monoisotopic (exact) mass is 143 g/mol. The summed E-state index contributed by atoms with van der Waals surface area (Å²) in [6.45, 7) is 0. The van der Waals surface area contributed by atoms with Gasteiger partial charge in [-0.25, -0.2) is 0 Å². The van der Waals surface area contributed by atoms with Gasteiger partial charge in [0, 0.05) is 24.8 Å². The first-order valence-electron chi connectivity index (χ1n) is 4.36. The first-order valence-corrected chi connectivity index (χ1v) is 4.36.